The summed E-state index contributed by atoms with van der Waals surface area (Å²) in [6.07, 6.45) is 0. The number of hydrogen-bond acceptors (Lipinski definition) is 7. The first-order valence-electron chi connectivity index (χ1n) is 10.0. The highest BCUT2D eigenvalue weighted by molar-refractivity contribution is 5.89. The molecule has 2 aromatic heterocycles. The fourth-order valence-corrected chi connectivity index (χ4v) is 3.38. The summed E-state index contributed by atoms with van der Waals surface area (Å²) in [5.74, 6) is -0.0999. The Kier molecular flexibility index (Phi) is 5.71. The van der Waals surface area contributed by atoms with Gasteiger partial charge in [0.15, 0.2) is 5.82 Å². The van der Waals surface area contributed by atoms with E-state index in [1.54, 1.807) is 11.0 Å². The third kappa shape index (κ3) is 4.30. The van der Waals surface area contributed by atoms with E-state index in [-0.39, 0.29) is 29.7 Å². The lowest BCUT2D eigenvalue weighted by Crippen LogP contribution is -2.48. The summed E-state index contributed by atoms with van der Waals surface area (Å²) in [7, 11) is 0. The van der Waals surface area contributed by atoms with Crippen molar-refractivity contribution in [3.05, 3.63) is 64.0 Å². The minimum atomic E-state index is -0.279. The normalized spacial score (nSPS) is 14.8. The van der Waals surface area contributed by atoms with Crippen LogP contribution in [-0.2, 0) is 6.54 Å². The molecule has 1 saturated heterocycles. The summed E-state index contributed by atoms with van der Waals surface area (Å²) < 4.78 is 6.44. The van der Waals surface area contributed by atoms with Crippen LogP contribution in [0.2, 0.25) is 0 Å². The molecule has 0 atom stereocenters. The molecule has 0 radical (unpaired) electrons. The van der Waals surface area contributed by atoms with Crippen molar-refractivity contribution in [3.63, 3.8) is 0 Å². The molecule has 9 heteroatoms. The predicted octanol–water partition coefficient (Wildman–Crippen LogP) is 1.43. The average molecular weight is 408 g/mol. The first-order chi connectivity index (χ1) is 14.5. The van der Waals surface area contributed by atoms with E-state index in [4.69, 9.17) is 4.52 Å². The van der Waals surface area contributed by atoms with Crippen LogP contribution in [0, 0.1) is 6.92 Å². The van der Waals surface area contributed by atoms with Crippen LogP contribution in [0.5, 0.6) is 0 Å². The summed E-state index contributed by atoms with van der Waals surface area (Å²) >= 11 is 0. The highest BCUT2D eigenvalue weighted by atomic mass is 16.5. The molecule has 0 unspecified atom stereocenters. The van der Waals surface area contributed by atoms with Crippen LogP contribution in [-0.4, -0.2) is 68.4 Å². The average Bonchev–Trinajstić information content (AvgIpc) is 3.24. The molecule has 1 aliphatic heterocycles. The van der Waals surface area contributed by atoms with Gasteiger partial charge in [-0.3, -0.25) is 9.59 Å². The first-order valence-corrected chi connectivity index (χ1v) is 10.0. The number of aromatic nitrogens is 4. The number of amides is 1. The molecule has 0 saturated carbocycles. The minimum Gasteiger partial charge on any atom is -0.332 e. The van der Waals surface area contributed by atoms with E-state index >= 15 is 0 Å². The molecule has 3 aromatic rings. The number of hydrogen-bond donors (Lipinski definition) is 0. The van der Waals surface area contributed by atoms with Crippen molar-refractivity contribution in [1.29, 1.82) is 0 Å². The monoisotopic (exact) mass is 408 g/mol. The summed E-state index contributed by atoms with van der Waals surface area (Å²) in [4.78, 5) is 33.1. The molecule has 0 aliphatic carbocycles. The van der Waals surface area contributed by atoms with Crippen LogP contribution in [0.15, 0.2) is 45.7 Å². The smallest absolute Gasteiger partial charge is 0.316 e. The maximum atomic E-state index is 12.6. The van der Waals surface area contributed by atoms with Crippen LogP contribution in [0.4, 0.5) is 0 Å². The Bertz CT molecular complexity index is 1080. The SMILES string of the molecule is CCN1CCN(C(=O)c2nc(Cn3nc(-c4ccc(C)cc4)ccc3=O)no2)CC1. The zero-order chi connectivity index (χ0) is 21.1. The molecule has 1 amide bonds. The molecule has 1 aliphatic rings. The van der Waals surface area contributed by atoms with Gasteiger partial charge in [-0.2, -0.15) is 10.1 Å². The maximum Gasteiger partial charge on any atom is 0.316 e. The molecular formula is C21H24N6O3. The van der Waals surface area contributed by atoms with Crippen molar-refractivity contribution in [2.75, 3.05) is 32.7 Å². The zero-order valence-electron chi connectivity index (χ0n) is 17.1. The van der Waals surface area contributed by atoms with Gasteiger partial charge in [-0.15, -0.1) is 0 Å². The second-order valence-corrected chi connectivity index (χ2v) is 7.32. The molecule has 1 aromatic carbocycles. The lowest BCUT2D eigenvalue weighted by molar-refractivity contribution is 0.0595. The van der Waals surface area contributed by atoms with Crippen molar-refractivity contribution < 1.29 is 9.32 Å². The summed E-state index contributed by atoms with van der Waals surface area (Å²) in [5.41, 5.74) is 2.44. The van der Waals surface area contributed by atoms with Crippen LogP contribution >= 0.6 is 0 Å². The van der Waals surface area contributed by atoms with Crippen LogP contribution in [0.25, 0.3) is 11.3 Å². The van der Waals surface area contributed by atoms with Gasteiger partial charge in [0.2, 0.25) is 0 Å². The Balaban J connectivity index is 1.48. The van der Waals surface area contributed by atoms with E-state index in [1.165, 1.54) is 10.7 Å². The van der Waals surface area contributed by atoms with E-state index in [9.17, 15) is 9.59 Å². The highest BCUT2D eigenvalue weighted by Crippen LogP contribution is 2.16. The summed E-state index contributed by atoms with van der Waals surface area (Å²) in [6.45, 7) is 8.02. The standard InChI is InChI=1S/C21H24N6O3/c1-3-25-10-12-26(13-11-25)21(29)20-22-18(24-30-20)14-27-19(28)9-8-17(23-27)16-6-4-15(2)5-7-16/h4-9H,3,10-14H2,1-2H3. The van der Waals surface area contributed by atoms with E-state index in [1.807, 2.05) is 31.2 Å². The van der Waals surface area contributed by atoms with Gasteiger partial charge in [0, 0.05) is 37.8 Å². The van der Waals surface area contributed by atoms with Gasteiger partial charge in [-0.1, -0.05) is 41.9 Å². The van der Waals surface area contributed by atoms with Gasteiger partial charge in [0.05, 0.1) is 5.69 Å². The Hall–Kier alpha value is -3.33. The van der Waals surface area contributed by atoms with Crippen molar-refractivity contribution in [2.24, 2.45) is 0 Å². The van der Waals surface area contributed by atoms with Crippen molar-refractivity contribution in [2.45, 2.75) is 20.4 Å². The van der Waals surface area contributed by atoms with Gasteiger partial charge in [0.25, 0.3) is 5.56 Å². The zero-order valence-corrected chi connectivity index (χ0v) is 17.1. The number of benzene rings is 1. The number of piperazine rings is 1. The summed E-state index contributed by atoms with van der Waals surface area (Å²) in [6, 6.07) is 11.0. The van der Waals surface area contributed by atoms with Crippen LogP contribution in [0.3, 0.4) is 0 Å². The molecular weight excluding hydrogens is 384 g/mol. The maximum absolute atomic E-state index is 12.6. The molecule has 9 nitrogen and oxygen atoms in total. The third-order valence-electron chi connectivity index (χ3n) is 5.26. The van der Waals surface area contributed by atoms with Gasteiger partial charge in [-0.25, -0.2) is 4.68 Å². The van der Waals surface area contributed by atoms with Crippen LogP contribution in [0.1, 0.15) is 29.0 Å². The second-order valence-electron chi connectivity index (χ2n) is 7.32. The van der Waals surface area contributed by atoms with Crippen molar-refractivity contribution >= 4 is 5.91 Å². The predicted molar refractivity (Wildman–Crippen MR) is 110 cm³/mol. The van der Waals surface area contributed by atoms with Gasteiger partial charge < -0.3 is 14.3 Å². The largest absolute Gasteiger partial charge is 0.332 e. The van der Waals surface area contributed by atoms with Gasteiger partial charge in [-0.05, 0) is 19.5 Å². The van der Waals surface area contributed by atoms with Gasteiger partial charge in [0.1, 0.15) is 6.54 Å². The molecule has 4 rings (SSSR count). The molecule has 0 spiro atoms. The molecule has 156 valence electrons. The van der Waals surface area contributed by atoms with E-state index in [0.29, 0.717) is 18.8 Å². The molecule has 30 heavy (non-hydrogen) atoms. The lowest BCUT2D eigenvalue weighted by Gasteiger charge is -2.33. The molecule has 1 fully saturated rings. The van der Waals surface area contributed by atoms with Crippen molar-refractivity contribution in [1.82, 2.24) is 29.7 Å². The fraction of sp³-hybridized carbons (Fsp3) is 0.381. The third-order valence-corrected chi connectivity index (χ3v) is 5.26. The summed E-state index contributed by atoms with van der Waals surface area (Å²) in [5, 5.41) is 8.28. The van der Waals surface area contributed by atoms with E-state index < -0.39 is 0 Å². The van der Waals surface area contributed by atoms with Crippen molar-refractivity contribution in [3.8, 4) is 11.3 Å². The Morgan fingerprint density at radius 3 is 2.50 bits per heavy atom. The van der Waals surface area contributed by atoms with E-state index in [0.717, 1.165) is 30.8 Å². The Labute approximate surface area is 173 Å². The number of likely N-dealkylation sites (N-methyl/N-ethyl adjacent to an activating group) is 1. The molecule has 0 N–H and O–H groups in total. The topological polar surface area (TPSA) is 97.4 Å². The second kappa shape index (κ2) is 8.58. The molecule has 3 heterocycles. The van der Waals surface area contributed by atoms with Gasteiger partial charge >= 0.3 is 11.8 Å². The number of nitrogens with zero attached hydrogens (tertiary/aromatic N) is 6. The Morgan fingerprint density at radius 2 is 1.80 bits per heavy atom. The van der Waals surface area contributed by atoms with E-state index in [2.05, 4.69) is 27.1 Å². The number of aryl methyl sites for hydroxylation is 1. The fourth-order valence-electron chi connectivity index (χ4n) is 3.38. The quantitative estimate of drug-likeness (QED) is 0.630. The number of rotatable bonds is 5. The lowest BCUT2D eigenvalue weighted by atomic mass is 10.1. The van der Waals surface area contributed by atoms with Crippen LogP contribution < -0.4 is 5.56 Å². The minimum absolute atomic E-state index is 0.0267. The molecule has 0 bridgehead atoms. The Morgan fingerprint density at radius 1 is 1.07 bits per heavy atom. The highest BCUT2D eigenvalue weighted by Gasteiger charge is 2.25. The number of carbonyl (C=O) groups excluding carboxylic acids is 1. The number of carbonyl (C=O) groups is 1. The first kappa shape index (κ1) is 20.0.